The summed E-state index contributed by atoms with van der Waals surface area (Å²) in [6.07, 6.45) is 1.68. The van der Waals surface area contributed by atoms with Gasteiger partial charge in [-0.25, -0.2) is 4.39 Å². The lowest BCUT2D eigenvalue weighted by Gasteiger charge is -2.12. The molecule has 0 aliphatic rings. The average molecular weight is 348 g/mol. The van der Waals surface area contributed by atoms with Gasteiger partial charge in [-0.05, 0) is 43.4 Å². The summed E-state index contributed by atoms with van der Waals surface area (Å²) in [6.45, 7) is 2.48. The molecular formula is C17H19FN3O2S+. The quantitative estimate of drug-likeness (QED) is 0.396. The Kier molecular flexibility index (Phi) is 6.51. The van der Waals surface area contributed by atoms with E-state index in [1.807, 2.05) is 13.0 Å². The molecule has 0 unspecified atom stereocenters. The van der Waals surface area contributed by atoms with E-state index in [9.17, 15) is 4.39 Å². The van der Waals surface area contributed by atoms with Crippen LogP contribution >= 0.6 is 12.2 Å². The van der Waals surface area contributed by atoms with Crippen molar-refractivity contribution < 1.29 is 19.0 Å². The molecule has 0 saturated heterocycles. The van der Waals surface area contributed by atoms with Gasteiger partial charge in [-0.2, -0.15) is 0 Å². The van der Waals surface area contributed by atoms with Gasteiger partial charge in [0.25, 0.3) is 0 Å². The van der Waals surface area contributed by atoms with E-state index in [-0.39, 0.29) is 17.5 Å². The largest absolute Gasteiger partial charge is 0.490 e. The van der Waals surface area contributed by atoms with Gasteiger partial charge in [-0.1, -0.05) is 18.2 Å². The summed E-state index contributed by atoms with van der Waals surface area (Å²) < 4.78 is 24.9. The van der Waals surface area contributed by atoms with Crippen LogP contribution in [0.4, 0.5) is 4.39 Å². The Morgan fingerprint density at radius 3 is 2.75 bits per heavy atom. The zero-order chi connectivity index (χ0) is 17.4. The van der Waals surface area contributed by atoms with Crippen molar-refractivity contribution in [2.45, 2.75) is 13.5 Å². The van der Waals surface area contributed by atoms with E-state index in [1.165, 1.54) is 6.07 Å². The summed E-state index contributed by atoms with van der Waals surface area (Å²) in [5.74, 6) is 0.813. The van der Waals surface area contributed by atoms with E-state index >= 15 is 0 Å². The molecule has 0 spiro atoms. The van der Waals surface area contributed by atoms with E-state index in [4.69, 9.17) is 27.4 Å². The Labute approximate surface area is 145 Å². The minimum absolute atomic E-state index is 0.122. The lowest BCUT2D eigenvalue weighted by atomic mass is 10.2. The van der Waals surface area contributed by atoms with Crippen molar-refractivity contribution in [3.8, 4) is 11.5 Å². The number of thiocarbonyl (C=S) groups is 1. The zero-order valence-electron chi connectivity index (χ0n) is 13.2. The van der Waals surface area contributed by atoms with Crippen LogP contribution in [0.15, 0.2) is 42.5 Å². The van der Waals surface area contributed by atoms with Gasteiger partial charge in [-0.15, -0.1) is 10.5 Å². The molecule has 24 heavy (non-hydrogen) atoms. The van der Waals surface area contributed by atoms with Gasteiger partial charge in [0, 0.05) is 11.1 Å². The summed E-state index contributed by atoms with van der Waals surface area (Å²) in [5.41, 5.74) is 9.25. The number of hydrazone groups is 1. The van der Waals surface area contributed by atoms with Gasteiger partial charge in [0.15, 0.2) is 17.7 Å². The van der Waals surface area contributed by atoms with Crippen LogP contribution < -0.4 is 25.7 Å². The van der Waals surface area contributed by atoms with E-state index < -0.39 is 0 Å². The number of hydrazine groups is 1. The summed E-state index contributed by atoms with van der Waals surface area (Å²) >= 11 is 4.70. The number of ether oxygens (including phenoxy) is 2. The second-order valence-electron chi connectivity index (χ2n) is 4.80. The smallest absolute Gasteiger partial charge is 0.221 e. The van der Waals surface area contributed by atoms with Gasteiger partial charge in [0.2, 0.25) is 5.11 Å². The van der Waals surface area contributed by atoms with Crippen molar-refractivity contribution >= 4 is 23.5 Å². The Balaban J connectivity index is 2.12. The molecule has 5 nitrogen and oxygen atoms in total. The number of hydrogen-bond donors (Lipinski definition) is 3. The van der Waals surface area contributed by atoms with Gasteiger partial charge in [0.1, 0.15) is 12.4 Å². The number of nitrogens with two attached hydrogens (primary N) is 1. The molecule has 2 aromatic carbocycles. The molecule has 0 heterocycles. The minimum atomic E-state index is -0.298. The van der Waals surface area contributed by atoms with Gasteiger partial charge in [-0.3, -0.25) is 0 Å². The molecule has 0 aliphatic heterocycles. The van der Waals surface area contributed by atoms with Crippen molar-refractivity contribution in [3.05, 3.63) is 59.4 Å². The fourth-order valence-corrected chi connectivity index (χ4v) is 2.02. The van der Waals surface area contributed by atoms with Crippen LogP contribution in [0.1, 0.15) is 18.1 Å². The van der Waals surface area contributed by atoms with Gasteiger partial charge < -0.3 is 15.2 Å². The van der Waals surface area contributed by atoms with Crippen LogP contribution in [-0.2, 0) is 6.61 Å². The van der Waals surface area contributed by atoms with Crippen molar-refractivity contribution in [1.29, 1.82) is 0 Å². The third-order valence-electron chi connectivity index (χ3n) is 3.04. The normalized spacial score (nSPS) is 10.6. The number of rotatable bonds is 7. The Hall–Kier alpha value is -2.67. The molecule has 0 fully saturated rings. The highest BCUT2D eigenvalue weighted by atomic mass is 32.1. The third-order valence-corrected chi connectivity index (χ3v) is 3.14. The summed E-state index contributed by atoms with van der Waals surface area (Å²) in [5, 5.41) is 2.91. The topological polar surface area (TPSA) is 70.5 Å². The Bertz CT molecular complexity index is 738. The number of halogens is 1. The molecule has 0 aliphatic carbocycles. The lowest BCUT2D eigenvalue weighted by Crippen LogP contribution is -2.82. The first-order valence-corrected chi connectivity index (χ1v) is 7.78. The molecule has 0 atom stereocenters. The highest BCUT2D eigenvalue weighted by Crippen LogP contribution is 2.28. The maximum Gasteiger partial charge on any atom is 0.221 e. The summed E-state index contributed by atoms with van der Waals surface area (Å²) in [6, 6.07) is 11.9. The van der Waals surface area contributed by atoms with Crippen LogP contribution in [0, 0.1) is 5.82 Å². The monoisotopic (exact) mass is 348 g/mol. The summed E-state index contributed by atoms with van der Waals surface area (Å²) in [7, 11) is 0. The Morgan fingerprint density at radius 1 is 1.25 bits per heavy atom. The van der Waals surface area contributed by atoms with Crippen molar-refractivity contribution in [2.75, 3.05) is 6.61 Å². The second kappa shape index (κ2) is 8.83. The van der Waals surface area contributed by atoms with Crippen LogP contribution in [0.2, 0.25) is 0 Å². The molecule has 0 aromatic heterocycles. The van der Waals surface area contributed by atoms with E-state index in [1.54, 1.807) is 36.5 Å². The van der Waals surface area contributed by atoms with Crippen LogP contribution in [-0.4, -0.2) is 17.9 Å². The maximum atomic E-state index is 13.7. The predicted molar refractivity (Wildman–Crippen MR) is 94.4 cm³/mol. The fraction of sp³-hybridized carbons (Fsp3) is 0.176. The second-order valence-corrected chi connectivity index (χ2v) is 5.24. The van der Waals surface area contributed by atoms with Crippen molar-refractivity contribution in [1.82, 2.24) is 5.43 Å². The fourth-order valence-electron chi connectivity index (χ4n) is 1.96. The number of benzene rings is 2. The molecular weight excluding hydrogens is 329 g/mol. The molecule has 0 bridgehead atoms. The van der Waals surface area contributed by atoms with Gasteiger partial charge in [0.05, 0.1) is 6.61 Å². The standard InChI is InChI=1S/C17H18FN3O2S/c1-2-22-16-9-12(10-20-21-17(19)24)7-8-15(16)23-11-13-5-3-4-6-14(13)18/h3-10H,2,11H2,1H3,(H3,19,21,24)/p+1. The number of hydrogen-bond acceptors (Lipinski definition) is 3. The molecule has 2 aromatic rings. The summed E-state index contributed by atoms with van der Waals surface area (Å²) in [4.78, 5) is 0. The molecule has 0 amide bonds. The number of nitrogens with one attached hydrogen (secondary N) is 2. The van der Waals surface area contributed by atoms with Crippen LogP contribution in [0.5, 0.6) is 11.5 Å². The minimum Gasteiger partial charge on any atom is -0.490 e. The Morgan fingerprint density at radius 2 is 2.04 bits per heavy atom. The van der Waals surface area contributed by atoms with Crippen molar-refractivity contribution in [3.63, 3.8) is 0 Å². The van der Waals surface area contributed by atoms with Crippen LogP contribution in [0.25, 0.3) is 0 Å². The molecule has 126 valence electrons. The van der Waals surface area contributed by atoms with E-state index in [0.717, 1.165) is 5.56 Å². The van der Waals surface area contributed by atoms with Crippen molar-refractivity contribution in [2.24, 2.45) is 5.73 Å². The molecule has 0 saturated carbocycles. The molecule has 0 radical (unpaired) electrons. The molecule has 2 rings (SSSR count). The highest BCUT2D eigenvalue weighted by Gasteiger charge is 2.09. The predicted octanol–water partition coefficient (Wildman–Crippen LogP) is 1.05. The van der Waals surface area contributed by atoms with E-state index in [2.05, 4.69) is 10.5 Å². The molecule has 7 heteroatoms. The zero-order valence-corrected chi connectivity index (χ0v) is 14.0. The SMILES string of the molecule is CCOc1cc(C=[NH+]NC(N)=S)ccc1OCc1ccccc1F. The third kappa shape index (κ3) is 5.20. The lowest BCUT2D eigenvalue weighted by molar-refractivity contribution is -0.499. The highest BCUT2D eigenvalue weighted by molar-refractivity contribution is 7.80. The van der Waals surface area contributed by atoms with Gasteiger partial charge >= 0.3 is 0 Å². The maximum absolute atomic E-state index is 13.7. The van der Waals surface area contributed by atoms with E-state index in [0.29, 0.717) is 23.7 Å². The first kappa shape index (κ1) is 17.7. The average Bonchev–Trinajstić information content (AvgIpc) is 2.55. The first-order valence-electron chi connectivity index (χ1n) is 7.37. The van der Waals surface area contributed by atoms with Crippen LogP contribution in [0.3, 0.4) is 0 Å². The first-order chi connectivity index (χ1) is 11.6. The molecule has 4 N–H and O–H groups in total.